The first-order valence-electron chi connectivity index (χ1n) is 5.29. The third-order valence-electron chi connectivity index (χ3n) is 2.29. The normalized spacial score (nSPS) is 10.1. The molecule has 0 radical (unpaired) electrons. The molecule has 1 aromatic carbocycles. The van der Waals surface area contributed by atoms with Crippen LogP contribution in [0.4, 0.5) is 5.69 Å². The third-order valence-corrected chi connectivity index (χ3v) is 3.17. The molecule has 1 aromatic heterocycles. The Labute approximate surface area is 126 Å². The highest BCUT2D eigenvalue weighted by Crippen LogP contribution is 2.21. The highest BCUT2D eigenvalue weighted by molar-refractivity contribution is 9.10. The predicted molar refractivity (Wildman–Crippen MR) is 76.1 cm³/mol. The van der Waals surface area contributed by atoms with Gasteiger partial charge in [-0.1, -0.05) is 11.6 Å². The largest absolute Gasteiger partial charge is 0.478 e. The van der Waals surface area contributed by atoms with Crippen molar-refractivity contribution in [1.29, 1.82) is 0 Å². The molecule has 0 saturated heterocycles. The summed E-state index contributed by atoms with van der Waals surface area (Å²) in [6, 6.07) is 4.43. The zero-order chi connectivity index (χ0) is 14.7. The van der Waals surface area contributed by atoms with Gasteiger partial charge in [0, 0.05) is 10.2 Å². The van der Waals surface area contributed by atoms with Crippen molar-refractivity contribution in [2.75, 3.05) is 5.32 Å². The maximum absolute atomic E-state index is 11.9. The number of anilines is 1. The maximum atomic E-state index is 11.9. The van der Waals surface area contributed by atoms with Gasteiger partial charge >= 0.3 is 5.97 Å². The number of hydrogen-bond donors (Lipinski definition) is 2. The molecule has 0 saturated carbocycles. The van der Waals surface area contributed by atoms with Crippen LogP contribution in [0.2, 0.25) is 5.15 Å². The fraction of sp³-hybridized carbons (Fsp3) is 0. The minimum absolute atomic E-state index is 0.0392. The van der Waals surface area contributed by atoms with E-state index in [1.165, 1.54) is 24.5 Å². The molecule has 2 aromatic rings. The molecular weight excluding hydrogens is 350 g/mol. The van der Waals surface area contributed by atoms with E-state index in [1.54, 1.807) is 6.07 Å². The Balaban J connectivity index is 2.24. The standard InChI is InChI=1S/C12H7BrClN3O3/c13-8-2-1-6(3-7(8)12(19)20)16-11(18)9-4-15-5-10(14)17-9/h1-5H,(H,16,18)(H,19,20). The number of rotatable bonds is 3. The number of halogens is 2. The van der Waals surface area contributed by atoms with Crippen LogP contribution < -0.4 is 5.32 Å². The van der Waals surface area contributed by atoms with Crippen molar-refractivity contribution < 1.29 is 14.7 Å². The topological polar surface area (TPSA) is 92.2 Å². The zero-order valence-corrected chi connectivity index (χ0v) is 12.1. The molecule has 0 aliphatic rings. The van der Waals surface area contributed by atoms with Crippen LogP contribution in [0.25, 0.3) is 0 Å². The molecule has 0 spiro atoms. The van der Waals surface area contributed by atoms with E-state index in [4.69, 9.17) is 16.7 Å². The number of nitrogens with zero attached hydrogens (tertiary/aromatic N) is 2. The van der Waals surface area contributed by atoms with Crippen LogP contribution >= 0.6 is 27.5 Å². The molecule has 0 unspecified atom stereocenters. The lowest BCUT2D eigenvalue weighted by molar-refractivity contribution is 0.0695. The summed E-state index contributed by atoms with van der Waals surface area (Å²) >= 11 is 8.76. The second-order valence-electron chi connectivity index (χ2n) is 3.68. The van der Waals surface area contributed by atoms with Gasteiger partial charge in [0.1, 0.15) is 10.8 Å². The van der Waals surface area contributed by atoms with E-state index in [0.717, 1.165) is 0 Å². The van der Waals surface area contributed by atoms with E-state index in [2.05, 4.69) is 31.2 Å². The summed E-state index contributed by atoms with van der Waals surface area (Å²) in [4.78, 5) is 30.5. The smallest absolute Gasteiger partial charge is 0.336 e. The number of carboxylic acids is 1. The average molecular weight is 357 g/mol. The Morgan fingerprint density at radius 3 is 2.70 bits per heavy atom. The SMILES string of the molecule is O=C(Nc1ccc(Br)c(C(=O)O)c1)c1cncc(Cl)n1. The number of carbonyl (C=O) groups excluding carboxylic acids is 1. The van der Waals surface area contributed by atoms with Crippen molar-refractivity contribution in [1.82, 2.24) is 9.97 Å². The molecule has 0 aliphatic heterocycles. The second kappa shape index (κ2) is 5.98. The van der Waals surface area contributed by atoms with Gasteiger partial charge < -0.3 is 10.4 Å². The second-order valence-corrected chi connectivity index (χ2v) is 4.92. The van der Waals surface area contributed by atoms with Crippen LogP contribution in [0, 0.1) is 0 Å². The predicted octanol–water partition coefficient (Wildman–Crippen LogP) is 2.84. The number of carboxylic acid groups (broad SMARTS) is 1. The molecule has 1 heterocycles. The number of benzene rings is 1. The summed E-state index contributed by atoms with van der Waals surface area (Å²) in [5, 5.41) is 11.6. The molecule has 6 nitrogen and oxygen atoms in total. The maximum Gasteiger partial charge on any atom is 0.336 e. The van der Waals surface area contributed by atoms with Crippen molar-refractivity contribution in [3.8, 4) is 0 Å². The molecule has 102 valence electrons. The summed E-state index contributed by atoms with van der Waals surface area (Å²) in [5.74, 6) is -1.63. The Hall–Kier alpha value is -1.99. The Kier molecular flexibility index (Phi) is 4.31. The van der Waals surface area contributed by atoms with E-state index < -0.39 is 11.9 Å². The zero-order valence-electron chi connectivity index (χ0n) is 9.80. The molecular formula is C12H7BrClN3O3. The van der Waals surface area contributed by atoms with E-state index in [9.17, 15) is 9.59 Å². The Bertz CT molecular complexity index is 693. The minimum atomic E-state index is -1.10. The molecule has 1 amide bonds. The Morgan fingerprint density at radius 2 is 2.05 bits per heavy atom. The first-order valence-corrected chi connectivity index (χ1v) is 6.46. The summed E-state index contributed by atoms with van der Waals surface area (Å²) in [5.41, 5.74) is 0.412. The van der Waals surface area contributed by atoms with Crippen LogP contribution in [-0.4, -0.2) is 27.0 Å². The van der Waals surface area contributed by atoms with Gasteiger partial charge in [-0.05, 0) is 34.1 Å². The summed E-state index contributed by atoms with van der Waals surface area (Å²) in [6.45, 7) is 0. The molecule has 0 aliphatic carbocycles. The number of aromatic carboxylic acids is 1. The van der Waals surface area contributed by atoms with E-state index in [-0.39, 0.29) is 16.4 Å². The van der Waals surface area contributed by atoms with Gasteiger partial charge in [0.05, 0.1) is 18.0 Å². The average Bonchev–Trinajstić information content (AvgIpc) is 2.40. The van der Waals surface area contributed by atoms with Crippen molar-refractivity contribution in [2.45, 2.75) is 0 Å². The van der Waals surface area contributed by atoms with Crippen LogP contribution in [-0.2, 0) is 0 Å². The fourth-order valence-corrected chi connectivity index (χ4v) is 1.98. The van der Waals surface area contributed by atoms with Crippen LogP contribution in [0.5, 0.6) is 0 Å². The fourth-order valence-electron chi connectivity index (χ4n) is 1.41. The van der Waals surface area contributed by atoms with Crippen molar-refractivity contribution in [3.05, 3.63) is 51.5 Å². The van der Waals surface area contributed by atoms with E-state index in [0.29, 0.717) is 10.2 Å². The lowest BCUT2D eigenvalue weighted by Gasteiger charge is -2.06. The van der Waals surface area contributed by atoms with Crippen LogP contribution in [0.3, 0.4) is 0 Å². The molecule has 2 N–H and O–H groups in total. The first-order chi connectivity index (χ1) is 9.47. The van der Waals surface area contributed by atoms with Crippen LogP contribution in [0.15, 0.2) is 35.1 Å². The molecule has 0 fully saturated rings. The van der Waals surface area contributed by atoms with Gasteiger partial charge in [-0.2, -0.15) is 0 Å². The van der Waals surface area contributed by atoms with Gasteiger partial charge in [-0.3, -0.25) is 9.78 Å². The quantitative estimate of drug-likeness (QED) is 0.882. The van der Waals surface area contributed by atoms with Gasteiger partial charge in [0.25, 0.3) is 5.91 Å². The van der Waals surface area contributed by atoms with Crippen molar-refractivity contribution in [3.63, 3.8) is 0 Å². The van der Waals surface area contributed by atoms with E-state index >= 15 is 0 Å². The number of carbonyl (C=O) groups is 2. The van der Waals surface area contributed by atoms with E-state index in [1.807, 2.05) is 0 Å². The van der Waals surface area contributed by atoms with Crippen molar-refractivity contribution >= 4 is 45.1 Å². The number of aromatic nitrogens is 2. The highest BCUT2D eigenvalue weighted by atomic mass is 79.9. The number of amides is 1. The van der Waals surface area contributed by atoms with Crippen LogP contribution in [0.1, 0.15) is 20.8 Å². The molecule has 8 heteroatoms. The van der Waals surface area contributed by atoms with Crippen molar-refractivity contribution in [2.24, 2.45) is 0 Å². The van der Waals surface area contributed by atoms with Gasteiger partial charge in [0.15, 0.2) is 0 Å². The van der Waals surface area contributed by atoms with Gasteiger partial charge in [-0.15, -0.1) is 0 Å². The summed E-state index contributed by atoms with van der Waals surface area (Å²) in [6.07, 6.45) is 2.57. The minimum Gasteiger partial charge on any atom is -0.478 e. The van der Waals surface area contributed by atoms with Gasteiger partial charge in [0.2, 0.25) is 0 Å². The molecule has 2 rings (SSSR count). The lowest BCUT2D eigenvalue weighted by atomic mass is 10.2. The molecule has 0 atom stereocenters. The summed E-state index contributed by atoms with van der Waals surface area (Å²) in [7, 11) is 0. The highest BCUT2D eigenvalue weighted by Gasteiger charge is 2.12. The summed E-state index contributed by atoms with van der Waals surface area (Å²) < 4.78 is 0.422. The molecule has 20 heavy (non-hydrogen) atoms. The molecule has 0 bridgehead atoms. The Morgan fingerprint density at radius 1 is 1.30 bits per heavy atom. The number of nitrogens with one attached hydrogen (secondary N) is 1. The first kappa shape index (κ1) is 14.4. The number of hydrogen-bond acceptors (Lipinski definition) is 4. The third kappa shape index (κ3) is 3.31. The lowest BCUT2D eigenvalue weighted by Crippen LogP contribution is -2.14. The monoisotopic (exact) mass is 355 g/mol. The van der Waals surface area contributed by atoms with Gasteiger partial charge in [-0.25, -0.2) is 9.78 Å².